The van der Waals surface area contributed by atoms with Crippen molar-refractivity contribution < 1.29 is 13.7 Å². The van der Waals surface area contributed by atoms with Crippen molar-refractivity contribution in [2.75, 3.05) is 26.3 Å². The Bertz CT molecular complexity index is 925. The molecule has 2 fully saturated rings. The quantitative estimate of drug-likeness (QED) is 0.762. The van der Waals surface area contributed by atoms with Crippen molar-refractivity contribution in [2.24, 2.45) is 0 Å². The largest absolute Gasteiger partial charge is 0.381 e. The number of halogens is 1. The Balaban J connectivity index is 1.31. The molecular weight excluding hydrogens is 349 g/mol. The van der Waals surface area contributed by atoms with Gasteiger partial charge in [-0.25, -0.2) is 4.39 Å². The van der Waals surface area contributed by atoms with E-state index < -0.39 is 0 Å². The van der Waals surface area contributed by atoms with E-state index in [1.165, 1.54) is 6.07 Å². The maximum absolute atomic E-state index is 13.9. The summed E-state index contributed by atoms with van der Waals surface area (Å²) < 4.78 is 24.9. The lowest BCUT2D eigenvalue weighted by atomic mass is 9.94. The van der Waals surface area contributed by atoms with Crippen molar-refractivity contribution in [3.8, 4) is 11.4 Å². The predicted octanol–water partition coefficient (Wildman–Crippen LogP) is 3.11. The molecule has 0 spiro atoms. The molecule has 0 atom stereocenters. The lowest BCUT2D eigenvalue weighted by molar-refractivity contribution is 0.0239. The number of H-pyrrole nitrogens is 1. The van der Waals surface area contributed by atoms with E-state index in [0.717, 1.165) is 57.6 Å². The average Bonchev–Trinajstić information content (AvgIpc) is 3.40. The van der Waals surface area contributed by atoms with E-state index in [4.69, 9.17) is 9.26 Å². The lowest BCUT2D eigenvalue weighted by Crippen LogP contribution is -2.43. The summed E-state index contributed by atoms with van der Waals surface area (Å²) in [5, 5.41) is 11.4. The smallest absolute Gasteiger partial charge is 0.230 e. The number of aromatic nitrogens is 4. The van der Waals surface area contributed by atoms with E-state index >= 15 is 0 Å². The highest BCUT2D eigenvalue weighted by Crippen LogP contribution is 2.32. The molecule has 1 N–H and O–H groups in total. The van der Waals surface area contributed by atoms with E-state index in [1.807, 2.05) is 0 Å². The van der Waals surface area contributed by atoms with Crippen LogP contribution in [0.15, 0.2) is 22.9 Å². The third-order valence-electron chi connectivity index (χ3n) is 5.83. The third kappa shape index (κ3) is 3.12. The fourth-order valence-corrected chi connectivity index (χ4v) is 4.27. The first-order valence-corrected chi connectivity index (χ1v) is 9.57. The molecule has 3 aromatic rings. The molecule has 27 heavy (non-hydrogen) atoms. The highest BCUT2D eigenvalue weighted by molar-refractivity contribution is 5.92. The molecule has 142 valence electrons. The number of benzene rings is 1. The number of aromatic amines is 1. The topological polar surface area (TPSA) is 80.1 Å². The number of nitrogens with zero attached hydrogens (tertiary/aromatic N) is 4. The molecule has 5 rings (SSSR count). The summed E-state index contributed by atoms with van der Waals surface area (Å²) in [6, 6.07) is 3.72. The number of fused-ring (bicyclic) bond motifs is 1. The van der Waals surface area contributed by atoms with Crippen LogP contribution in [0.25, 0.3) is 22.3 Å². The van der Waals surface area contributed by atoms with Gasteiger partial charge in [-0.3, -0.25) is 5.10 Å². The van der Waals surface area contributed by atoms with Crippen molar-refractivity contribution in [3.63, 3.8) is 0 Å². The Morgan fingerprint density at radius 2 is 1.93 bits per heavy atom. The van der Waals surface area contributed by atoms with Crippen LogP contribution in [0.1, 0.15) is 37.5 Å². The molecule has 0 radical (unpaired) electrons. The van der Waals surface area contributed by atoms with E-state index in [9.17, 15) is 4.39 Å². The molecule has 0 unspecified atom stereocenters. The van der Waals surface area contributed by atoms with Crippen LogP contribution in [-0.4, -0.2) is 57.6 Å². The van der Waals surface area contributed by atoms with Crippen LogP contribution in [-0.2, 0) is 4.74 Å². The number of hydrogen-bond acceptors (Lipinski definition) is 6. The Morgan fingerprint density at radius 1 is 1.11 bits per heavy atom. The van der Waals surface area contributed by atoms with Gasteiger partial charge in [0.25, 0.3) is 0 Å². The average molecular weight is 371 g/mol. The van der Waals surface area contributed by atoms with Gasteiger partial charge in [-0.2, -0.15) is 10.1 Å². The summed E-state index contributed by atoms with van der Waals surface area (Å²) in [6.45, 7) is 3.85. The summed E-state index contributed by atoms with van der Waals surface area (Å²) in [5.74, 6) is 1.11. The second kappa shape index (κ2) is 7.01. The number of hydrogen-bond donors (Lipinski definition) is 1. The van der Waals surface area contributed by atoms with Gasteiger partial charge in [0.1, 0.15) is 11.3 Å². The molecule has 8 heteroatoms. The van der Waals surface area contributed by atoms with Crippen LogP contribution in [0.2, 0.25) is 0 Å². The summed E-state index contributed by atoms with van der Waals surface area (Å²) in [4.78, 5) is 7.20. The molecule has 7 nitrogen and oxygen atoms in total. The van der Waals surface area contributed by atoms with Crippen molar-refractivity contribution in [3.05, 3.63) is 30.0 Å². The fraction of sp³-hybridized carbons (Fsp3) is 0.526. The molecular formula is C19H22FN5O2. The second-order valence-corrected chi connectivity index (χ2v) is 7.36. The van der Waals surface area contributed by atoms with Crippen molar-refractivity contribution in [1.82, 2.24) is 25.2 Å². The normalized spacial score (nSPS) is 20.5. The van der Waals surface area contributed by atoms with Crippen molar-refractivity contribution >= 4 is 10.9 Å². The first-order valence-electron chi connectivity index (χ1n) is 9.57. The minimum Gasteiger partial charge on any atom is -0.381 e. The van der Waals surface area contributed by atoms with Gasteiger partial charge in [0.05, 0.1) is 6.20 Å². The van der Waals surface area contributed by atoms with Gasteiger partial charge in [0.2, 0.25) is 11.7 Å². The number of ether oxygens (including phenoxy) is 1. The standard InChI is InChI=1S/C19H22FN5O2/c20-16-2-1-14(15-11-21-23-17(15)16)18-22-19(27-24-18)12-3-7-25(8-4-12)13-5-9-26-10-6-13/h1-2,11-13H,3-10H2,(H,21,23). The van der Waals surface area contributed by atoms with Crippen LogP contribution < -0.4 is 0 Å². The van der Waals surface area contributed by atoms with E-state index in [2.05, 4.69) is 25.2 Å². The molecule has 2 aliphatic rings. The minimum atomic E-state index is -0.338. The van der Waals surface area contributed by atoms with Crippen LogP contribution >= 0.6 is 0 Å². The van der Waals surface area contributed by atoms with Crippen molar-refractivity contribution in [1.29, 1.82) is 0 Å². The van der Waals surface area contributed by atoms with Crippen LogP contribution in [0.5, 0.6) is 0 Å². The molecule has 1 aromatic carbocycles. The molecule has 2 saturated heterocycles. The number of nitrogens with one attached hydrogen (secondary N) is 1. The zero-order valence-electron chi connectivity index (χ0n) is 15.0. The fourth-order valence-electron chi connectivity index (χ4n) is 4.27. The van der Waals surface area contributed by atoms with Gasteiger partial charge in [-0.15, -0.1) is 0 Å². The third-order valence-corrected chi connectivity index (χ3v) is 5.83. The maximum atomic E-state index is 13.9. The second-order valence-electron chi connectivity index (χ2n) is 7.36. The van der Waals surface area contributed by atoms with Crippen LogP contribution in [0.3, 0.4) is 0 Å². The van der Waals surface area contributed by atoms with Crippen LogP contribution in [0.4, 0.5) is 4.39 Å². The summed E-state index contributed by atoms with van der Waals surface area (Å²) >= 11 is 0. The zero-order valence-corrected chi connectivity index (χ0v) is 15.0. The number of piperidine rings is 1. The minimum absolute atomic E-state index is 0.280. The summed E-state index contributed by atoms with van der Waals surface area (Å²) in [7, 11) is 0. The van der Waals surface area contributed by atoms with Crippen LogP contribution in [0, 0.1) is 5.82 Å². The predicted molar refractivity (Wildman–Crippen MR) is 96.7 cm³/mol. The molecule has 2 aromatic heterocycles. The van der Waals surface area contributed by atoms with Gasteiger partial charge in [0, 0.05) is 36.1 Å². The molecule has 0 saturated carbocycles. The lowest BCUT2D eigenvalue weighted by Gasteiger charge is -2.38. The van der Waals surface area contributed by atoms with Crippen molar-refractivity contribution in [2.45, 2.75) is 37.6 Å². The molecule has 0 bridgehead atoms. The van der Waals surface area contributed by atoms with Gasteiger partial charge in [-0.1, -0.05) is 5.16 Å². The monoisotopic (exact) mass is 371 g/mol. The SMILES string of the molecule is Fc1ccc(-c2noc(C3CCN(C4CCOCC4)CC3)n2)c2cn[nH]c12. The Hall–Kier alpha value is -2.32. The highest BCUT2D eigenvalue weighted by Gasteiger charge is 2.30. The Morgan fingerprint density at radius 3 is 2.74 bits per heavy atom. The summed E-state index contributed by atoms with van der Waals surface area (Å²) in [5.41, 5.74) is 1.10. The number of rotatable bonds is 3. The molecule has 0 amide bonds. The Kier molecular flexibility index (Phi) is 4.37. The first kappa shape index (κ1) is 16.8. The van der Waals surface area contributed by atoms with E-state index in [0.29, 0.717) is 28.7 Å². The highest BCUT2D eigenvalue weighted by atomic mass is 19.1. The molecule has 2 aliphatic heterocycles. The van der Waals surface area contributed by atoms with Gasteiger partial charge >= 0.3 is 0 Å². The Labute approximate surface area is 155 Å². The molecule has 4 heterocycles. The van der Waals surface area contributed by atoms with Gasteiger partial charge < -0.3 is 14.2 Å². The first-order chi connectivity index (χ1) is 13.3. The van der Waals surface area contributed by atoms with E-state index in [-0.39, 0.29) is 11.7 Å². The van der Waals surface area contributed by atoms with E-state index in [1.54, 1.807) is 12.3 Å². The maximum Gasteiger partial charge on any atom is 0.230 e. The number of likely N-dealkylation sites (tertiary alicyclic amines) is 1. The zero-order chi connectivity index (χ0) is 18.2. The molecule has 0 aliphatic carbocycles. The van der Waals surface area contributed by atoms with Gasteiger partial charge in [0.15, 0.2) is 0 Å². The van der Waals surface area contributed by atoms with Gasteiger partial charge in [-0.05, 0) is 50.9 Å². The summed E-state index contributed by atoms with van der Waals surface area (Å²) in [6.07, 6.45) is 5.88.